The highest BCUT2D eigenvalue weighted by Crippen LogP contribution is 2.27. The summed E-state index contributed by atoms with van der Waals surface area (Å²) < 4.78 is 1.50. The van der Waals surface area contributed by atoms with Crippen LogP contribution in [0.3, 0.4) is 0 Å². The van der Waals surface area contributed by atoms with Crippen molar-refractivity contribution in [1.82, 2.24) is 9.55 Å². The van der Waals surface area contributed by atoms with Crippen molar-refractivity contribution in [2.24, 2.45) is 7.05 Å². The van der Waals surface area contributed by atoms with Crippen molar-refractivity contribution in [3.05, 3.63) is 64.3 Å². The third kappa shape index (κ3) is 3.36. The molecule has 2 heterocycles. The summed E-state index contributed by atoms with van der Waals surface area (Å²) in [6.45, 7) is 1.82. The molecule has 1 N–H and O–H groups in total. The van der Waals surface area contributed by atoms with Gasteiger partial charge in [-0.05, 0) is 29.8 Å². The molecule has 7 heteroatoms. The number of anilines is 1. The molecule has 0 aliphatic carbocycles. The Hall–Kier alpha value is -2.64. The maximum atomic E-state index is 12.7. The van der Waals surface area contributed by atoms with E-state index < -0.39 is 5.25 Å². The number of hydrogen-bond acceptors (Lipinski definition) is 5. The average molecular weight is 396 g/mol. The molecule has 0 aliphatic rings. The summed E-state index contributed by atoms with van der Waals surface area (Å²) in [5.41, 5.74) is 0.687. The molecule has 1 atom stereocenters. The molecule has 0 aliphatic heterocycles. The number of carbonyl (C=O) groups is 1. The van der Waals surface area contributed by atoms with Crippen LogP contribution in [0.5, 0.6) is 0 Å². The number of thioether (sulfide) groups is 1. The van der Waals surface area contributed by atoms with Gasteiger partial charge in [-0.1, -0.05) is 48.2 Å². The largest absolute Gasteiger partial charge is 0.325 e. The first-order valence-electron chi connectivity index (χ1n) is 8.44. The minimum atomic E-state index is -0.403. The fourth-order valence-electron chi connectivity index (χ4n) is 2.87. The van der Waals surface area contributed by atoms with Crippen LogP contribution < -0.4 is 10.9 Å². The van der Waals surface area contributed by atoms with Crippen molar-refractivity contribution in [2.75, 3.05) is 5.32 Å². The van der Waals surface area contributed by atoms with E-state index in [1.165, 1.54) is 27.7 Å². The molecule has 27 heavy (non-hydrogen) atoms. The number of nitrogens with one attached hydrogen (secondary N) is 1. The first-order valence-corrected chi connectivity index (χ1v) is 10.2. The molecule has 0 bridgehead atoms. The van der Waals surface area contributed by atoms with Gasteiger partial charge in [0.2, 0.25) is 5.91 Å². The molecule has 0 saturated heterocycles. The molecule has 4 rings (SSSR count). The van der Waals surface area contributed by atoms with Crippen molar-refractivity contribution in [2.45, 2.75) is 17.3 Å². The topological polar surface area (TPSA) is 64.0 Å². The number of hydrogen-bond donors (Lipinski definition) is 1. The molecule has 0 saturated carbocycles. The van der Waals surface area contributed by atoms with Gasteiger partial charge >= 0.3 is 0 Å². The van der Waals surface area contributed by atoms with E-state index >= 15 is 0 Å². The third-order valence-electron chi connectivity index (χ3n) is 4.36. The van der Waals surface area contributed by atoms with Gasteiger partial charge in [-0.2, -0.15) is 0 Å². The Morgan fingerprint density at radius 2 is 1.93 bits per heavy atom. The summed E-state index contributed by atoms with van der Waals surface area (Å²) >= 11 is 2.71. The number of benzene rings is 2. The monoisotopic (exact) mass is 395 g/mol. The highest BCUT2D eigenvalue weighted by molar-refractivity contribution is 8.00. The Morgan fingerprint density at radius 1 is 1.15 bits per heavy atom. The Bertz CT molecular complexity index is 1210. The fourth-order valence-corrected chi connectivity index (χ4v) is 4.55. The summed E-state index contributed by atoms with van der Waals surface area (Å²) in [6, 6.07) is 15.5. The summed E-state index contributed by atoms with van der Waals surface area (Å²) in [5, 5.41) is 7.66. The molecule has 1 unspecified atom stereocenters. The lowest BCUT2D eigenvalue weighted by Gasteiger charge is -2.14. The average Bonchev–Trinajstić information content (AvgIpc) is 3.14. The molecule has 2 aromatic carbocycles. The normalized spacial score (nSPS) is 12.4. The Balaban J connectivity index is 1.58. The fraction of sp³-hybridized carbons (Fsp3) is 0.150. The van der Waals surface area contributed by atoms with Crippen LogP contribution in [-0.4, -0.2) is 20.7 Å². The van der Waals surface area contributed by atoms with Gasteiger partial charge in [-0.3, -0.25) is 14.2 Å². The van der Waals surface area contributed by atoms with E-state index in [9.17, 15) is 9.59 Å². The second-order valence-electron chi connectivity index (χ2n) is 6.17. The predicted molar refractivity (Wildman–Crippen MR) is 113 cm³/mol. The molecule has 4 aromatic rings. The number of aromatic nitrogens is 2. The van der Waals surface area contributed by atoms with Crippen LogP contribution in [0.1, 0.15) is 6.92 Å². The lowest BCUT2D eigenvalue weighted by molar-refractivity contribution is -0.115. The van der Waals surface area contributed by atoms with E-state index in [0.29, 0.717) is 15.4 Å². The van der Waals surface area contributed by atoms with Crippen LogP contribution in [0, 0.1) is 0 Å². The zero-order chi connectivity index (χ0) is 19.0. The van der Waals surface area contributed by atoms with E-state index in [-0.39, 0.29) is 11.5 Å². The second kappa shape index (κ2) is 7.17. The van der Waals surface area contributed by atoms with E-state index in [0.717, 1.165) is 16.5 Å². The van der Waals surface area contributed by atoms with Crippen LogP contribution in [0.4, 0.5) is 5.69 Å². The minimum Gasteiger partial charge on any atom is -0.325 e. The van der Waals surface area contributed by atoms with Crippen LogP contribution in [-0.2, 0) is 11.8 Å². The van der Waals surface area contributed by atoms with Crippen LogP contribution in [0.2, 0.25) is 0 Å². The summed E-state index contributed by atoms with van der Waals surface area (Å²) in [7, 11) is 1.68. The Labute approximate surface area is 164 Å². The van der Waals surface area contributed by atoms with Gasteiger partial charge in [-0.25, -0.2) is 4.98 Å². The van der Waals surface area contributed by atoms with Gasteiger partial charge in [0.15, 0.2) is 5.16 Å². The van der Waals surface area contributed by atoms with Gasteiger partial charge in [-0.15, -0.1) is 11.3 Å². The Kier molecular flexibility index (Phi) is 4.72. The Morgan fingerprint density at radius 3 is 2.78 bits per heavy atom. The molecule has 5 nitrogen and oxygen atoms in total. The third-order valence-corrected chi connectivity index (χ3v) is 6.31. The second-order valence-corrected chi connectivity index (χ2v) is 8.38. The zero-order valence-electron chi connectivity index (χ0n) is 14.8. The van der Waals surface area contributed by atoms with E-state index in [2.05, 4.69) is 10.3 Å². The number of nitrogens with zero attached hydrogens (tertiary/aromatic N) is 2. The summed E-state index contributed by atoms with van der Waals surface area (Å²) in [5.74, 6) is -0.128. The van der Waals surface area contributed by atoms with Crippen molar-refractivity contribution >= 4 is 55.7 Å². The quantitative estimate of drug-likeness (QED) is 0.414. The van der Waals surface area contributed by atoms with Gasteiger partial charge in [0.1, 0.15) is 4.83 Å². The summed E-state index contributed by atoms with van der Waals surface area (Å²) in [4.78, 5) is 30.4. The molecule has 136 valence electrons. The van der Waals surface area contributed by atoms with E-state index in [1.54, 1.807) is 13.1 Å². The first kappa shape index (κ1) is 17.8. The van der Waals surface area contributed by atoms with Crippen molar-refractivity contribution in [3.8, 4) is 0 Å². The number of rotatable bonds is 4. The zero-order valence-corrected chi connectivity index (χ0v) is 16.4. The first-order chi connectivity index (χ1) is 13.0. The molecule has 0 fully saturated rings. The van der Waals surface area contributed by atoms with E-state index in [4.69, 9.17) is 0 Å². The molecule has 2 aromatic heterocycles. The SMILES string of the molecule is CC(Sc1nc2sccc2c(=O)n1C)C(=O)Nc1cccc2ccccc12. The van der Waals surface area contributed by atoms with Crippen LogP contribution in [0.15, 0.2) is 63.9 Å². The smallest absolute Gasteiger partial charge is 0.262 e. The molecular weight excluding hydrogens is 378 g/mol. The number of amides is 1. The number of fused-ring (bicyclic) bond motifs is 2. The maximum Gasteiger partial charge on any atom is 0.262 e. The lowest BCUT2D eigenvalue weighted by Crippen LogP contribution is -2.25. The van der Waals surface area contributed by atoms with E-state index in [1.807, 2.05) is 54.8 Å². The van der Waals surface area contributed by atoms with Gasteiger partial charge in [0.05, 0.1) is 10.6 Å². The molecule has 0 spiro atoms. The summed E-state index contributed by atoms with van der Waals surface area (Å²) in [6.07, 6.45) is 0. The minimum absolute atomic E-state index is 0.0922. The van der Waals surface area contributed by atoms with Crippen molar-refractivity contribution in [1.29, 1.82) is 0 Å². The maximum absolute atomic E-state index is 12.7. The lowest BCUT2D eigenvalue weighted by atomic mass is 10.1. The van der Waals surface area contributed by atoms with Crippen LogP contribution >= 0.6 is 23.1 Å². The molecular formula is C20H17N3O2S2. The standard InChI is InChI=1S/C20H17N3O2S2/c1-12(27-20-22-18-15(10-11-26-18)19(25)23(20)2)17(24)21-16-9-5-7-13-6-3-4-8-14(13)16/h3-12H,1-2H3,(H,21,24). The molecule has 1 amide bonds. The number of carbonyl (C=O) groups excluding carboxylic acids is 1. The van der Waals surface area contributed by atoms with Gasteiger partial charge < -0.3 is 5.32 Å². The number of thiophene rings is 1. The van der Waals surface area contributed by atoms with Crippen molar-refractivity contribution in [3.63, 3.8) is 0 Å². The predicted octanol–water partition coefficient (Wildman–Crippen LogP) is 4.27. The van der Waals surface area contributed by atoms with Gasteiger partial charge in [0, 0.05) is 18.1 Å². The van der Waals surface area contributed by atoms with Crippen molar-refractivity contribution < 1.29 is 4.79 Å². The van der Waals surface area contributed by atoms with Crippen LogP contribution in [0.25, 0.3) is 21.0 Å². The highest BCUT2D eigenvalue weighted by atomic mass is 32.2. The highest BCUT2D eigenvalue weighted by Gasteiger charge is 2.19. The van der Waals surface area contributed by atoms with Gasteiger partial charge in [0.25, 0.3) is 5.56 Å². The molecule has 0 radical (unpaired) electrons.